The zero-order valence-corrected chi connectivity index (χ0v) is 29.2. The number of benzene rings is 1. The van der Waals surface area contributed by atoms with Crippen LogP contribution in [-0.2, 0) is 28.8 Å². The number of hydrogen-bond donors (Lipinski definition) is 3. The second kappa shape index (κ2) is 16.7. The van der Waals surface area contributed by atoms with Gasteiger partial charge in [0.1, 0.15) is 30.0 Å². The third-order valence-electron chi connectivity index (χ3n) is 9.80. The minimum absolute atomic E-state index is 0.148. The van der Waals surface area contributed by atoms with Gasteiger partial charge in [0.15, 0.2) is 0 Å². The molecule has 3 aliphatic rings. The molecule has 0 bridgehead atoms. The number of carbonyl (C=O) groups is 5. The average molecular weight is 705 g/mol. The fourth-order valence-electron chi connectivity index (χ4n) is 6.78. The van der Waals surface area contributed by atoms with Crippen LogP contribution in [0.1, 0.15) is 103 Å². The van der Waals surface area contributed by atoms with E-state index in [1.165, 1.54) is 0 Å². The summed E-state index contributed by atoms with van der Waals surface area (Å²) in [5, 5.41) is 10.7. The normalized spacial score (nSPS) is 26.2. The summed E-state index contributed by atoms with van der Waals surface area (Å²) in [4.78, 5) is 74.9. The molecule has 2 saturated heterocycles. The standard InChI is InChI=1S/C34H50BrN5O6/c1-5-21(3)30-34(45)39-17-11-10-14-29(39)33(44)36-26(13-9-7-8-12-24(41)6-2)31(42)37-27(32(43)38-30)18-22-20-40(46-4)28-16-15-23(35)19-25(22)28/h15-16,19,21-22,26-27,29-30H,5-14,17-18,20H2,1-4H3,(H,36,44)(H,37,42)(H,38,43)/t21-,22?,26-,27-,29+,30-/m0/s1. The number of nitrogens with one attached hydrogen (secondary N) is 3. The van der Waals surface area contributed by atoms with Crippen LogP contribution in [0.2, 0.25) is 0 Å². The van der Waals surface area contributed by atoms with Crippen molar-refractivity contribution in [2.75, 3.05) is 25.3 Å². The Bertz CT molecular complexity index is 1280. The van der Waals surface area contributed by atoms with Gasteiger partial charge in [0.25, 0.3) is 0 Å². The number of rotatable bonds is 12. The second-order valence-electron chi connectivity index (χ2n) is 12.9. The molecule has 3 heterocycles. The Balaban J connectivity index is 1.64. The topological polar surface area (TPSA) is 137 Å². The molecule has 11 nitrogen and oxygen atoms in total. The van der Waals surface area contributed by atoms with E-state index in [2.05, 4.69) is 31.9 Å². The van der Waals surface area contributed by atoms with Gasteiger partial charge in [0.05, 0.1) is 19.3 Å². The lowest BCUT2D eigenvalue weighted by Crippen LogP contribution is -2.64. The molecule has 2 fully saturated rings. The molecule has 0 aliphatic carbocycles. The molecule has 4 rings (SSSR count). The minimum atomic E-state index is -0.960. The zero-order valence-electron chi connectivity index (χ0n) is 27.6. The molecule has 3 N–H and O–H groups in total. The fourth-order valence-corrected chi connectivity index (χ4v) is 7.16. The summed E-state index contributed by atoms with van der Waals surface area (Å²) in [5.41, 5.74) is 1.88. The first-order valence-corrected chi connectivity index (χ1v) is 17.7. The summed E-state index contributed by atoms with van der Waals surface area (Å²) in [6, 6.07) is 2.52. The van der Waals surface area contributed by atoms with Gasteiger partial charge in [-0.3, -0.25) is 33.9 Å². The van der Waals surface area contributed by atoms with E-state index in [1.54, 1.807) is 17.1 Å². The number of amides is 4. The first-order chi connectivity index (χ1) is 22.1. The van der Waals surface area contributed by atoms with Gasteiger partial charge in [-0.25, -0.2) is 0 Å². The minimum Gasteiger partial charge on any atom is -0.343 e. The molecule has 1 unspecified atom stereocenters. The van der Waals surface area contributed by atoms with E-state index < -0.39 is 36.0 Å². The summed E-state index contributed by atoms with van der Waals surface area (Å²) in [7, 11) is 1.60. The van der Waals surface area contributed by atoms with E-state index in [-0.39, 0.29) is 35.9 Å². The van der Waals surface area contributed by atoms with Crippen LogP contribution in [0.15, 0.2) is 22.7 Å². The van der Waals surface area contributed by atoms with Crippen molar-refractivity contribution in [2.24, 2.45) is 5.92 Å². The SMILES string of the molecule is CCC(=O)CCCCC[C@@H]1NC(=O)[C@H]2CCCCN2C(=O)[C@H]([C@@H](C)CC)NC(=O)[C@H](CC2CN(OC)c3ccc(Br)cc32)NC1=O. The highest BCUT2D eigenvalue weighted by Crippen LogP contribution is 2.40. The van der Waals surface area contributed by atoms with E-state index in [9.17, 15) is 24.0 Å². The number of piperidine rings is 1. The molecule has 6 atom stereocenters. The smallest absolute Gasteiger partial charge is 0.246 e. The number of hydroxylamine groups is 1. The van der Waals surface area contributed by atoms with E-state index >= 15 is 0 Å². The Labute approximate surface area is 281 Å². The van der Waals surface area contributed by atoms with Gasteiger partial charge >= 0.3 is 0 Å². The third-order valence-corrected chi connectivity index (χ3v) is 10.3. The van der Waals surface area contributed by atoms with E-state index in [0.29, 0.717) is 58.0 Å². The molecule has 0 saturated carbocycles. The molecule has 1 aromatic carbocycles. The van der Waals surface area contributed by atoms with Crippen molar-refractivity contribution in [3.63, 3.8) is 0 Å². The molecular formula is C34H50BrN5O6. The number of halogens is 1. The molecule has 3 aliphatic heterocycles. The quantitative estimate of drug-likeness (QED) is 0.279. The van der Waals surface area contributed by atoms with Crippen LogP contribution in [0, 0.1) is 5.92 Å². The van der Waals surface area contributed by atoms with Crippen LogP contribution in [-0.4, -0.2) is 78.7 Å². The highest BCUT2D eigenvalue weighted by atomic mass is 79.9. The van der Waals surface area contributed by atoms with Gasteiger partial charge in [-0.1, -0.05) is 56.0 Å². The lowest BCUT2D eigenvalue weighted by molar-refractivity contribution is -0.147. The maximum absolute atomic E-state index is 14.1. The third kappa shape index (κ3) is 8.67. The van der Waals surface area contributed by atoms with Gasteiger partial charge < -0.3 is 20.9 Å². The van der Waals surface area contributed by atoms with Crippen LogP contribution < -0.4 is 21.0 Å². The second-order valence-corrected chi connectivity index (χ2v) is 13.8. The van der Waals surface area contributed by atoms with Crippen LogP contribution in [0.25, 0.3) is 0 Å². The van der Waals surface area contributed by atoms with Crippen LogP contribution in [0.5, 0.6) is 0 Å². The van der Waals surface area contributed by atoms with E-state index in [1.807, 2.05) is 39.0 Å². The molecule has 254 valence electrons. The summed E-state index contributed by atoms with van der Waals surface area (Å²) in [6.45, 7) is 6.65. The Morgan fingerprint density at radius 2 is 1.74 bits per heavy atom. The number of hydrogen-bond acceptors (Lipinski definition) is 7. The van der Waals surface area contributed by atoms with E-state index in [4.69, 9.17) is 4.84 Å². The zero-order chi connectivity index (χ0) is 33.4. The largest absolute Gasteiger partial charge is 0.343 e. The predicted octanol–water partition coefficient (Wildman–Crippen LogP) is 4.13. The highest BCUT2D eigenvalue weighted by molar-refractivity contribution is 9.10. The Morgan fingerprint density at radius 3 is 2.46 bits per heavy atom. The molecule has 0 radical (unpaired) electrons. The highest BCUT2D eigenvalue weighted by Gasteiger charge is 2.42. The number of Topliss-reactive ketones (excluding diaryl/α,β-unsaturated/α-hetero) is 1. The van der Waals surface area contributed by atoms with Gasteiger partial charge in [-0.05, 0) is 68.2 Å². The molecule has 0 aromatic heterocycles. The van der Waals surface area contributed by atoms with Crippen molar-refractivity contribution in [3.8, 4) is 0 Å². The summed E-state index contributed by atoms with van der Waals surface area (Å²) in [6.07, 6.45) is 6.43. The molecule has 4 amide bonds. The van der Waals surface area contributed by atoms with E-state index in [0.717, 1.165) is 35.0 Å². The van der Waals surface area contributed by atoms with Gasteiger partial charge in [-0.2, -0.15) is 0 Å². The van der Waals surface area contributed by atoms with Crippen LogP contribution in [0.4, 0.5) is 5.69 Å². The number of unbranched alkanes of at least 4 members (excludes halogenated alkanes) is 2. The van der Waals surface area contributed by atoms with Gasteiger partial charge in [0, 0.05) is 29.8 Å². The Kier molecular flexibility index (Phi) is 13.0. The number of nitrogens with zero attached hydrogens (tertiary/aromatic N) is 2. The first-order valence-electron chi connectivity index (χ1n) is 16.9. The maximum Gasteiger partial charge on any atom is 0.246 e. The number of ketones is 1. The maximum atomic E-state index is 14.1. The Hall–Kier alpha value is -2.99. The molecule has 12 heteroatoms. The van der Waals surface area contributed by atoms with Crippen molar-refractivity contribution >= 4 is 51.0 Å². The predicted molar refractivity (Wildman–Crippen MR) is 179 cm³/mol. The van der Waals surface area contributed by atoms with Crippen molar-refractivity contribution in [3.05, 3.63) is 28.2 Å². The fraction of sp³-hybridized carbons (Fsp3) is 0.676. The van der Waals surface area contributed by atoms with Crippen LogP contribution >= 0.6 is 15.9 Å². The van der Waals surface area contributed by atoms with Crippen molar-refractivity contribution in [2.45, 2.75) is 121 Å². The summed E-state index contributed by atoms with van der Waals surface area (Å²) >= 11 is 3.56. The van der Waals surface area contributed by atoms with Gasteiger partial charge in [-0.15, -0.1) is 0 Å². The molecular weight excluding hydrogens is 654 g/mol. The lowest BCUT2D eigenvalue weighted by Gasteiger charge is -2.39. The number of anilines is 1. The molecule has 1 aromatic rings. The van der Waals surface area contributed by atoms with Crippen molar-refractivity contribution in [1.29, 1.82) is 0 Å². The Morgan fingerprint density at radius 1 is 1.00 bits per heavy atom. The van der Waals surface area contributed by atoms with Gasteiger partial charge in [0.2, 0.25) is 23.6 Å². The lowest BCUT2D eigenvalue weighted by atomic mass is 9.91. The number of fused-ring (bicyclic) bond motifs is 2. The average Bonchev–Trinajstić information content (AvgIpc) is 3.40. The summed E-state index contributed by atoms with van der Waals surface area (Å²) in [5.74, 6) is -1.57. The first kappa shape index (κ1) is 35.9. The number of carbonyl (C=O) groups excluding carboxylic acids is 5. The summed E-state index contributed by atoms with van der Waals surface area (Å²) < 4.78 is 0.892. The van der Waals surface area contributed by atoms with Crippen molar-refractivity contribution in [1.82, 2.24) is 20.9 Å². The van der Waals surface area contributed by atoms with Crippen LogP contribution in [0.3, 0.4) is 0 Å². The van der Waals surface area contributed by atoms with Crippen molar-refractivity contribution < 1.29 is 28.8 Å². The monoisotopic (exact) mass is 703 g/mol. The molecule has 46 heavy (non-hydrogen) atoms. The molecule has 0 spiro atoms.